The zero-order valence-electron chi connectivity index (χ0n) is 13.0. The highest BCUT2D eigenvalue weighted by atomic mass is 16.5. The summed E-state index contributed by atoms with van der Waals surface area (Å²) in [5.41, 5.74) is 7.53. The van der Waals surface area contributed by atoms with Crippen molar-refractivity contribution >= 4 is 0 Å². The molecule has 4 heteroatoms. The quantitative estimate of drug-likeness (QED) is 0.898. The van der Waals surface area contributed by atoms with Crippen molar-refractivity contribution < 1.29 is 4.74 Å². The van der Waals surface area contributed by atoms with Crippen molar-refractivity contribution in [3.05, 3.63) is 29.8 Å². The van der Waals surface area contributed by atoms with Crippen molar-refractivity contribution in [2.24, 2.45) is 5.73 Å². The Morgan fingerprint density at radius 3 is 2.76 bits per heavy atom. The Hall–Kier alpha value is -1.10. The molecule has 2 N–H and O–H groups in total. The zero-order chi connectivity index (χ0) is 14.7. The van der Waals surface area contributed by atoms with Crippen molar-refractivity contribution in [2.75, 3.05) is 39.8 Å². The highest BCUT2D eigenvalue weighted by Gasteiger charge is 2.30. The molecule has 4 nitrogen and oxygen atoms in total. The predicted molar refractivity (Wildman–Crippen MR) is 85.6 cm³/mol. The van der Waals surface area contributed by atoms with E-state index in [1.165, 1.54) is 45.4 Å². The lowest BCUT2D eigenvalue weighted by Crippen LogP contribution is -2.37. The van der Waals surface area contributed by atoms with Crippen LogP contribution in [0, 0.1) is 0 Å². The SMILES string of the molecule is COc1ccccc1C(N)CN1CCC(N2CCCC2)C1. The second kappa shape index (κ2) is 6.77. The van der Waals surface area contributed by atoms with Crippen molar-refractivity contribution in [3.8, 4) is 5.75 Å². The van der Waals surface area contributed by atoms with Crippen molar-refractivity contribution in [1.82, 2.24) is 9.80 Å². The van der Waals surface area contributed by atoms with E-state index in [0.717, 1.165) is 23.9 Å². The van der Waals surface area contributed by atoms with Crippen LogP contribution in [0.15, 0.2) is 24.3 Å². The van der Waals surface area contributed by atoms with Gasteiger partial charge in [0.15, 0.2) is 0 Å². The van der Waals surface area contributed by atoms with Crippen LogP contribution in [-0.4, -0.2) is 55.7 Å². The Labute approximate surface area is 127 Å². The first-order valence-electron chi connectivity index (χ1n) is 8.13. The van der Waals surface area contributed by atoms with E-state index in [1.54, 1.807) is 7.11 Å². The van der Waals surface area contributed by atoms with E-state index in [4.69, 9.17) is 10.5 Å². The third kappa shape index (κ3) is 3.39. The molecule has 1 aromatic carbocycles. The number of para-hydroxylation sites is 1. The first kappa shape index (κ1) is 14.8. The van der Waals surface area contributed by atoms with E-state index in [2.05, 4.69) is 15.9 Å². The molecule has 0 saturated carbocycles. The van der Waals surface area contributed by atoms with Crippen molar-refractivity contribution in [3.63, 3.8) is 0 Å². The number of ether oxygens (including phenoxy) is 1. The van der Waals surface area contributed by atoms with Gasteiger partial charge in [-0.2, -0.15) is 0 Å². The van der Waals surface area contributed by atoms with Crippen LogP contribution in [0.25, 0.3) is 0 Å². The fraction of sp³-hybridized carbons (Fsp3) is 0.647. The highest BCUT2D eigenvalue weighted by Crippen LogP contribution is 2.26. The summed E-state index contributed by atoms with van der Waals surface area (Å²) in [7, 11) is 1.71. The largest absolute Gasteiger partial charge is 0.496 e. The van der Waals surface area contributed by atoms with Gasteiger partial charge in [-0.25, -0.2) is 0 Å². The number of nitrogens with two attached hydrogens (primary N) is 1. The number of hydrogen-bond donors (Lipinski definition) is 1. The Morgan fingerprint density at radius 2 is 2.00 bits per heavy atom. The Kier molecular flexibility index (Phi) is 4.78. The first-order chi connectivity index (χ1) is 10.3. The summed E-state index contributed by atoms with van der Waals surface area (Å²) < 4.78 is 5.43. The maximum absolute atomic E-state index is 6.41. The first-order valence-corrected chi connectivity index (χ1v) is 8.13. The average molecular weight is 289 g/mol. The van der Waals surface area contributed by atoms with Gasteiger partial charge in [0, 0.05) is 30.7 Å². The third-order valence-electron chi connectivity index (χ3n) is 4.90. The second-order valence-electron chi connectivity index (χ2n) is 6.29. The lowest BCUT2D eigenvalue weighted by atomic mass is 10.1. The number of hydrogen-bond acceptors (Lipinski definition) is 4. The summed E-state index contributed by atoms with van der Waals surface area (Å²) in [6.45, 7) is 5.84. The lowest BCUT2D eigenvalue weighted by molar-refractivity contribution is 0.227. The average Bonchev–Trinajstić information content (AvgIpc) is 3.17. The fourth-order valence-electron chi connectivity index (χ4n) is 3.73. The minimum atomic E-state index is 0.0264. The van der Waals surface area contributed by atoms with Gasteiger partial charge < -0.3 is 10.5 Å². The minimum absolute atomic E-state index is 0.0264. The van der Waals surface area contributed by atoms with E-state index in [1.807, 2.05) is 18.2 Å². The zero-order valence-corrected chi connectivity index (χ0v) is 13.0. The molecule has 2 atom stereocenters. The summed E-state index contributed by atoms with van der Waals surface area (Å²) in [6.07, 6.45) is 4.03. The van der Waals surface area contributed by atoms with E-state index in [0.29, 0.717) is 0 Å². The Balaban J connectivity index is 1.57. The summed E-state index contributed by atoms with van der Waals surface area (Å²) >= 11 is 0. The normalized spacial score (nSPS) is 25.3. The molecule has 2 heterocycles. The molecular weight excluding hydrogens is 262 g/mol. The molecule has 2 unspecified atom stereocenters. The lowest BCUT2D eigenvalue weighted by Gasteiger charge is -2.25. The standard InChI is InChI=1S/C17H27N3O/c1-21-17-7-3-2-6-15(17)16(18)13-19-11-8-14(12-19)20-9-4-5-10-20/h2-3,6-7,14,16H,4-5,8-13,18H2,1H3. The molecule has 2 fully saturated rings. The maximum atomic E-state index is 6.41. The Bertz CT molecular complexity index is 459. The monoisotopic (exact) mass is 289 g/mol. The highest BCUT2D eigenvalue weighted by molar-refractivity contribution is 5.35. The van der Waals surface area contributed by atoms with Crippen LogP contribution in [0.4, 0.5) is 0 Å². The molecule has 1 aromatic rings. The summed E-state index contributed by atoms with van der Waals surface area (Å²) in [5.74, 6) is 0.903. The van der Waals surface area contributed by atoms with Crippen molar-refractivity contribution in [1.29, 1.82) is 0 Å². The van der Waals surface area contributed by atoms with E-state index in [-0.39, 0.29) is 6.04 Å². The summed E-state index contributed by atoms with van der Waals surface area (Å²) in [4.78, 5) is 5.18. The molecular formula is C17H27N3O. The second-order valence-corrected chi connectivity index (χ2v) is 6.29. The molecule has 116 valence electrons. The van der Waals surface area contributed by atoms with Crippen LogP contribution in [0.2, 0.25) is 0 Å². The van der Waals surface area contributed by atoms with Gasteiger partial charge in [-0.15, -0.1) is 0 Å². The van der Waals surface area contributed by atoms with E-state index >= 15 is 0 Å². The van der Waals surface area contributed by atoms with Crippen LogP contribution in [-0.2, 0) is 0 Å². The van der Waals surface area contributed by atoms with E-state index < -0.39 is 0 Å². The van der Waals surface area contributed by atoms with Gasteiger partial charge in [0.25, 0.3) is 0 Å². The van der Waals surface area contributed by atoms with Gasteiger partial charge >= 0.3 is 0 Å². The van der Waals surface area contributed by atoms with Crippen LogP contribution >= 0.6 is 0 Å². The smallest absolute Gasteiger partial charge is 0.123 e. The van der Waals surface area contributed by atoms with Gasteiger partial charge in [-0.05, 0) is 45.0 Å². The predicted octanol–water partition coefficient (Wildman–Crippen LogP) is 1.87. The molecule has 2 aliphatic rings. The molecule has 21 heavy (non-hydrogen) atoms. The number of likely N-dealkylation sites (tertiary alicyclic amines) is 2. The number of rotatable bonds is 5. The molecule has 3 rings (SSSR count). The van der Waals surface area contributed by atoms with Gasteiger partial charge in [-0.1, -0.05) is 18.2 Å². The number of nitrogens with zero attached hydrogens (tertiary/aromatic N) is 2. The van der Waals surface area contributed by atoms with Crippen LogP contribution in [0.5, 0.6) is 5.75 Å². The van der Waals surface area contributed by atoms with Gasteiger partial charge in [0.2, 0.25) is 0 Å². The third-order valence-corrected chi connectivity index (χ3v) is 4.90. The summed E-state index contributed by atoms with van der Waals surface area (Å²) in [5, 5.41) is 0. The number of methoxy groups -OCH3 is 1. The Morgan fingerprint density at radius 1 is 1.24 bits per heavy atom. The molecule has 0 aromatic heterocycles. The fourth-order valence-corrected chi connectivity index (χ4v) is 3.73. The maximum Gasteiger partial charge on any atom is 0.123 e. The molecule has 0 spiro atoms. The molecule has 2 saturated heterocycles. The molecule has 2 aliphatic heterocycles. The van der Waals surface area contributed by atoms with E-state index in [9.17, 15) is 0 Å². The molecule has 0 bridgehead atoms. The molecule has 0 radical (unpaired) electrons. The van der Waals surface area contributed by atoms with Gasteiger partial charge in [-0.3, -0.25) is 9.80 Å². The topological polar surface area (TPSA) is 41.7 Å². The van der Waals surface area contributed by atoms with Gasteiger partial charge in [0.1, 0.15) is 5.75 Å². The van der Waals surface area contributed by atoms with Crippen LogP contribution in [0.1, 0.15) is 30.9 Å². The summed E-state index contributed by atoms with van der Waals surface area (Å²) in [6, 6.07) is 8.88. The van der Waals surface area contributed by atoms with Crippen molar-refractivity contribution in [2.45, 2.75) is 31.3 Å². The van der Waals surface area contributed by atoms with Crippen LogP contribution < -0.4 is 10.5 Å². The minimum Gasteiger partial charge on any atom is -0.496 e. The van der Waals surface area contributed by atoms with Crippen LogP contribution in [0.3, 0.4) is 0 Å². The molecule has 0 aliphatic carbocycles. The molecule has 0 amide bonds. The van der Waals surface area contributed by atoms with Gasteiger partial charge in [0.05, 0.1) is 7.11 Å². The number of benzene rings is 1.